The molecule has 0 aliphatic rings. The highest BCUT2D eigenvalue weighted by Crippen LogP contribution is 2.18. The molecule has 0 radical (unpaired) electrons. The fourth-order valence-corrected chi connectivity index (χ4v) is 2.56. The van der Waals surface area contributed by atoms with Crippen molar-refractivity contribution >= 4 is 5.96 Å². The number of guanidine groups is 1. The van der Waals surface area contributed by atoms with Gasteiger partial charge in [-0.15, -0.1) is 10.2 Å². The number of rotatable bonds is 11. The average Bonchev–Trinajstić information content (AvgIpc) is 3.02. The predicted molar refractivity (Wildman–Crippen MR) is 110 cm³/mol. The lowest BCUT2D eigenvalue weighted by Crippen LogP contribution is -2.38. The van der Waals surface area contributed by atoms with Crippen LogP contribution >= 0.6 is 0 Å². The molecule has 0 unspecified atom stereocenters. The lowest BCUT2D eigenvalue weighted by atomic mass is 10.2. The summed E-state index contributed by atoms with van der Waals surface area (Å²) in [5.74, 6) is 3.33. The molecule has 0 aliphatic heterocycles. The van der Waals surface area contributed by atoms with Crippen LogP contribution in [-0.4, -0.2) is 47.1 Å². The molecule has 0 saturated heterocycles. The molecule has 0 fully saturated rings. The standard InChI is InChI=1S/C20H32N6O2/c1-5-27-13-9-12-21-20(23-15-19-25-24-16(3)26(19)4)22-14-17-10-7-8-11-18(17)28-6-2/h7-8,10-11H,5-6,9,12-15H2,1-4H3,(H2,21,22,23). The molecule has 28 heavy (non-hydrogen) atoms. The summed E-state index contributed by atoms with van der Waals surface area (Å²) < 4.78 is 13.1. The van der Waals surface area contributed by atoms with Gasteiger partial charge in [-0.2, -0.15) is 0 Å². The Kier molecular flexibility index (Phi) is 9.27. The summed E-state index contributed by atoms with van der Waals surface area (Å²) in [6, 6.07) is 7.98. The Morgan fingerprint density at radius 1 is 1.14 bits per heavy atom. The predicted octanol–water partition coefficient (Wildman–Crippen LogP) is 2.18. The Balaban J connectivity index is 2.01. The van der Waals surface area contributed by atoms with Gasteiger partial charge in [-0.1, -0.05) is 18.2 Å². The van der Waals surface area contributed by atoms with Crippen molar-refractivity contribution in [3.05, 3.63) is 41.5 Å². The number of aliphatic imine (C=N–C) groups is 1. The molecule has 1 heterocycles. The number of ether oxygens (including phenoxy) is 2. The third-order valence-corrected chi connectivity index (χ3v) is 4.24. The Bertz CT molecular complexity index is 744. The van der Waals surface area contributed by atoms with E-state index < -0.39 is 0 Å². The first-order valence-corrected chi connectivity index (χ1v) is 9.81. The second-order valence-corrected chi connectivity index (χ2v) is 6.26. The summed E-state index contributed by atoms with van der Waals surface area (Å²) in [6.07, 6.45) is 0.910. The molecule has 2 aromatic rings. The van der Waals surface area contributed by atoms with Crippen molar-refractivity contribution < 1.29 is 9.47 Å². The number of aryl methyl sites for hydroxylation is 1. The fourth-order valence-electron chi connectivity index (χ4n) is 2.56. The second kappa shape index (κ2) is 12.0. The summed E-state index contributed by atoms with van der Waals surface area (Å²) in [7, 11) is 1.96. The minimum atomic E-state index is 0.523. The number of nitrogens with zero attached hydrogens (tertiary/aromatic N) is 4. The Morgan fingerprint density at radius 2 is 1.96 bits per heavy atom. The molecule has 0 amide bonds. The van der Waals surface area contributed by atoms with Crippen molar-refractivity contribution in [1.82, 2.24) is 25.4 Å². The van der Waals surface area contributed by atoms with Gasteiger partial charge in [-0.05, 0) is 33.3 Å². The van der Waals surface area contributed by atoms with Crippen LogP contribution in [0.4, 0.5) is 0 Å². The van der Waals surface area contributed by atoms with Crippen LogP contribution in [0.5, 0.6) is 5.75 Å². The second-order valence-electron chi connectivity index (χ2n) is 6.26. The molecule has 0 bridgehead atoms. The number of hydrogen-bond acceptors (Lipinski definition) is 5. The van der Waals surface area contributed by atoms with E-state index in [2.05, 4.69) is 20.8 Å². The van der Waals surface area contributed by atoms with E-state index in [9.17, 15) is 0 Å². The molecule has 1 aromatic heterocycles. The molecule has 0 aliphatic carbocycles. The zero-order valence-corrected chi connectivity index (χ0v) is 17.4. The van der Waals surface area contributed by atoms with Gasteiger partial charge in [0.15, 0.2) is 11.8 Å². The smallest absolute Gasteiger partial charge is 0.191 e. The molecule has 8 heteroatoms. The van der Waals surface area contributed by atoms with E-state index in [1.54, 1.807) is 0 Å². The third-order valence-electron chi connectivity index (χ3n) is 4.24. The van der Waals surface area contributed by atoms with E-state index in [1.165, 1.54) is 0 Å². The van der Waals surface area contributed by atoms with Crippen molar-refractivity contribution in [3.8, 4) is 5.75 Å². The van der Waals surface area contributed by atoms with Crippen LogP contribution < -0.4 is 15.4 Å². The largest absolute Gasteiger partial charge is 0.494 e. The highest BCUT2D eigenvalue weighted by Gasteiger charge is 2.07. The molecule has 1 aromatic carbocycles. The van der Waals surface area contributed by atoms with Gasteiger partial charge in [-0.3, -0.25) is 0 Å². The molecular formula is C20H32N6O2. The third kappa shape index (κ3) is 6.84. The Hall–Kier alpha value is -2.61. The van der Waals surface area contributed by atoms with Crippen molar-refractivity contribution in [2.45, 2.75) is 40.3 Å². The fraction of sp³-hybridized carbons (Fsp3) is 0.550. The van der Waals surface area contributed by atoms with Crippen LogP contribution in [0, 0.1) is 6.92 Å². The van der Waals surface area contributed by atoms with E-state index in [-0.39, 0.29) is 0 Å². The first-order chi connectivity index (χ1) is 13.7. The molecule has 154 valence electrons. The molecule has 2 rings (SSSR count). The van der Waals surface area contributed by atoms with Crippen LogP contribution in [0.15, 0.2) is 29.3 Å². The SMILES string of the molecule is CCOCCCNC(=NCc1ccccc1OCC)NCc1nnc(C)n1C. The monoisotopic (exact) mass is 388 g/mol. The minimum absolute atomic E-state index is 0.523. The van der Waals surface area contributed by atoms with E-state index in [4.69, 9.17) is 14.5 Å². The summed E-state index contributed by atoms with van der Waals surface area (Å²) >= 11 is 0. The van der Waals surface area contributed by atoms with Gasteiger partial charge >= 0.3 is 0 Å². The summed E-state index contributed by atoms with van der Waals surface area (Å²) in [5.41, 5.74) is 1.05. The van der Waals surface area contributed by atoms with Crippen molar-refractivity contribution in [3.63, 3.8) is 0 Å². The minimum Gasteiger partial charge on any atom is -0.494 e. The average molecular weight is 389 g/mol. The van der Waals surface area contributed by atoms with E-state index in [0.29, 0.717) is 19.7 Å². The van der Waals surface area contributed by atoms with Crippen molar-refractivity contribution in [1.29, 1.82) is 0 Å². The van der Waals surface area contributed by atoms with Crippen molar-refractivity contribution in [2.75, 3.05) is 26.4 Å². The lowest BCUT2D eigenvalue weighted by Gasteiger charge is -2.13. The molecule has 8 nitrogen and oxygen atoms in total. The van der Waals surface area contributed by atoms with Gasteiger partial charge in [0.05, 0.1) is 19.7 Å². The first-order valence-electron chi connectivity index (χ1n) is 9.81. The summed E-state index contributed by atoms with van der Waals surface area (Å²) in [5, 5.41) is 15.0. The normalized spacial score (nSPS) is 11.5. The maximum Gasteiger partial charge on any atom is 0.191 e. The van der Waals surface area contributed by atoms with Crippen LogP contribution in [0.1, 0.15) is 37.5 Å². The number of hydrogen-bond donors (Lipinski definition) is 2. The zero-order chi connectivity index (χ0) is 20.2. The van der Waals surface area contributed by atoms with Gasteiger partial charge in [0.25, 0.3) is 0 Å². The molecule has 0 saturated carbocycles. The number of para-hydroxylation sites is 1. The molecular weight excluding hydrogens is 356 g/mol. The lowest BCUT2D eigenvalue weighted by molar-refractivity contribution is 0.145. The number of aromatic nitrogens is 3. The summed E-state index contributed by atoms with van der Waals surface area (Å²) in [4.78, 5) is 4.72. The van der Waals surface area contributed by atoms with Crippen LogP contribution in [0.25, 0.3) is 0 Å². The molecule has 0 atom stereocenters. The quantitative estimate of drug-likeness (QED) is 0.349. The Morgan fingerprint density at radius 3 is 2.68 bits per heavy atom. The number of nitrogens with one attached hydrogen (secondary N) is 2. The highest BCUT2D eigenvalue weighted by atomic mass is 16.5. The van der Waals surface area contributed by atoms with Crippen LogP contribution in [0.2, 0.25) is 0 Å². The van der Waals surface area contributed by atoms with Crippen LogP contribution in [0.3, 0.4) is 0 Å². The zero-order valence-electron chi connectivity index (χ0n) is 17.4. The van der Waals surface area contributed by atoms with Crippen LogP contribution in [-0.2, 0) is 24.9 Å². The van der Waals surface area contributed by atoms with E-state index in [0.717, 1.165) is 55.1 Å². The number of benzene rings is 1. The topological polar surface area (TPSA) is 85.6 Å². The summed E-state index contributed by atoms with van der Waals surface area (Å²) in [6.45, 7) is 9.85. The van der Waals surface area contributed by atoms with Gasteiger partial charge < -0.3 is 24.7 Å². The first kappa shape index (κ1) is 21.7. The maximum absolute atomic E-state index is 5.69. The molecule has 0 spiro atoms. The van der Waals surface area contributed by atoms with Gasteiger partial charge in [0.2, 0.25) is 0 Å². The van der Waals surface area contributed by atoms with Gasteiger partial charge in [0.1, 0.15) is 11.6 Å². The van der Waals surface area contributed by atoms with Gasteiger partial charge in [0, 0.05) is 32.4 Å². The molecule has 2 N–H and O–H groups in total. The van der Waals surface area contributed by atoms with E-state index >= 15 is 0 Å². The maximum atomic E-state index is 5.69. The van der Waals surface area contributed by atoms with E-state index in [1.807, 2.05) is 56.7 Å². The Labute approximate surface area is 167 Å². The highest BCUT2D eigenvalue weighted by molar-refractivity contribution is 5.79. The van der Waals surface area contributed by atoms with Crippen molar-refractivity contribution in [2.24, 2.45) is 12.0 Å². The van der Waals surface area contributed by atoms with Gasteiger partial charge in [-0.25, -0.2) is 4.99 Å².